The van der Waals surface area contributed by atoms with Gasteiger partial charge in [0.15, 0.2) is 0 Å². The fourth-order valence-corrected chi connectivity index (χ4v) is 4.27. The summed E-state index contributed by atoms with van der Waals surface area (Å²) < 4.78 is 34.2. The van der Waals surface area contributed by atoms with Crippen molar-refractivity contribution in [1.82, 2.24) is 9.80 Å². The Hall–Kier alpha value is -2.51. The first-order valence-corrected chi connectivity index (χ1v) is 11.7. The highest BCUT2D eigenvalue weighted by atomic mass is 35.5. The molecule has 178 valence electrons. The molecular weight excluding hydrogens is 481 g/mol. The van der Waals surface area contributed by atoms with E-state index in [1.165, 1.54) is 18.2 Å². The highest BCUT2D eigenvalue weighted by molar-refractivity contribution is 6.31. The van der Waals surface area contributed by atoms with Crippen LogP contribution in [0.3, 0.4) is 0 Å². The summed E-state index contributed by atoms with van der Waals surface area (Å²) in [7, 11) is 0. The number of hydrogen-bond acceptors (Lipinski definition) is 3. The fourth-order valence-electron chi connectivity index (χ4n) is 3.96. The van der Waals surface area contributed by atoms with E-state index >= 15 is 0 Å². The van der Waals surface area contributed by atoms with Gasteiger partial charge in [-0.15, -0.1) is 0 Å². The Balaban J connectivity index is 1.41. The summed E-state index contributed by atoms with van der Waals surface area (Å²) in [4.78, 5) is 16.8. The smallest absolute Gasteiger partial charge is 0.253 e. The average molecular weight is 505 g/mol. The van der Waals surface area contributed by atoms with Crippen LogP contribution >= 0.6 is 23.2 Å². The molecule has 1 unspecified atom stereocenters. The van der Waals surface area contributed by atoms with E-state index in [0.29, 0.717) is 48.3 Å². The van der Waals surface area contributed by atoms with Gasteiger partial charge in [-0.1, -0.05) is 47.5 Å². The minimum absolute atomic E-state index is 0.0531. The lowest BCUT2D eigenvalue weighted by Crippen LogP contribution is -2.49. The van der Waals surface area contributed by atoms with Crippen molar-refractivity contribution in [2.45, 2.75) is 12.7 Å². The van der Waals surface area contributed by atoms with Gasteiger partial charge in [0, 0.05) is 53.9 Å². The molecule has 1 heterocycles. The number of carbonyl (C=O) groups is 1. The molecule has 1 amide bonds. The second-order valence-electron chi connectivity index (χ2n) is 8.15. The third-order valence-corrected chi connectivity index (χ3v) is 6.37. The van der Waals surface area contributed by atoms with Crippen molar-refractivity contribution in [3.63, 3.8) is 0 Å². The number of piperazine rings is 1. The van der Waals surface area contributed by atoms with Crippen LogP contribution < -0.4 is 0 Å². The molecular formula is C26H24Cl2F2N2O2. The monoisotopic (exact) mass is 504 g/mol. The molecule has 0 N–H and O–H groups in total. The molecule has 1 saturated heterocycles. The summed E-state index contributed by atoms with van der Waals surface area (Å²) in [5, 5.41) is 1.12. The highest BCUT2D eigenvalue weighted by Gasteiger charge is 2.25. The van der Waals surface area contributed by atoms with Gasteiger partial charge in [0.1, 0.15) is 11.6 Å². The second-order valence-corrected chi connectivity index (χ2v) is 9.03. The zero-order valence-electron chi connectivity index (χ0n) is 18.4. The molecule has 0 saturated carbocycles. The number of carbonyl (C=O) groups excluding carboxylic acids is 1. The van der Waals surface area contributed by atoms with Crippen LogP contribution in [0.5, 0.6) is 0 Å². The van der Waals surface area contributed by atoms with Crippen LogP contribution in [0.25, 0.3) is 0 Å². The largest absolute Gasteiger partial charge is 0.367 e. The Bertz CT molecular complexity index is 1120. The number of rotatable bonds is 7. The quantitative estimate of drug-likeness (QED) is 0.396. The summed E-state index contributed by atoms with van der Waals surface area (Å²) in [6, 6.07) is 17.9. The van der Waals surface area contributed by atoms with E-state index in [1.54, 1.807) is 41.3 Å². The van der Waals surface area contributed by atoms with Crippen LogP contribution in [0.2, 0.25) is 10.0 Å². The molecule has 34 heavy (non-hydrogen) atoms. The Morgan fingerprint density at radius 1 is 0.882 bits per heavy atom. The molecule has 3 aromatic rings. The summed E-state index contributed by atoms with van der Waals surface area (Å²) in [5.41, 5.74) is 1.33. The van der Waals surface area contributed by atoms with Crippen LogP contribution in [-0.4, -0.2) is 48.4 Å². The normalized spacial score (nSPS) is 15.4. The molecule has 0 spiro atoms. The first-order valence-electron chi connectivity index (χ1n) is 11.0. The van der Waals surface area contributed by atoms with Crippen LogP contribution in [0.1, 0.15) is 27.6 Å². The van der Waals surface area contributed by atoms with E-state index in [4.69, 9.17) is 27.9 Å². The van der Waals surface area contributed by atoms with E-state index in [0.717, 1.165) is 5.56 Å². The van der Waals surface area contributed by atoms with E-state index in [9.17, 15) is 13.6 Å². The van der Waals surface area contributed by atoms with E-state index in [-0.39, 0.29) is 18.1 Å². The lowest BCUT2D eigenvalue weighted by molar-refractivity contribution is 0.00145. The third-order valence-electron chi connectivity index (χ3n) is 5.89. The summed E-state index contributed by atoms with van der Waals surface area (Å²) in [5.74, 6) is -1.33. The molecule has 0 radical (unpaired) electrons. The lowest BCUT2D eigenvalue weighted by Gasteiger charge is -2.36. The molecule has 1 fully saturated rings. The molecule has 1 atom stereocenters. The zero-order chi connectivity index (χ0) is 24.1. The van der Waals surface area contributed by atoms with Crippen LogP contribution in [0.15, 0.2) is 66.7 Å². The zero-order valence-corrected chi connectivity index (χ0v) is 19.9. The third kappa shape index (κ3) is 6.13. The van der Waals surface area contributed by atoms with Gasteiger partial charge in [0.05, 0.1) is 12.7 Å². The van der Waals surface area contributed by atoms with Crippen molar-refractivity contribution in [3.05, 3.63) is 105 Å². The van der Waals surface area contributed by atoms with Gasteiger partial charge in [-0.05, 0) is 48.0 Å². The Labute approximate surface area is 207 Å². The molecule has 8 heteroatoms. The topological polar surface area (TPSA) is 32.8 Å². The van der Waals surface area contributed by atoms with Crippen LogP contribution in [0, 0.1) is 11.6 Å². The predicted octanol–water partition coefficient (Wildman–Crippen LogP) is 5.99. The van der Waals surface area contributed by atoms with E-state index in [1.807, 2.05) is 12.1 Å². The molecule has 4 nitrogen and oxygen atoms in total. The number of benzene rings is 3. The van der Waals surface area contributed by atoms with Crippen molar-refractivity contribution >= 4 is 29.1 Å². The molecule has 4 rings (SSSR count). The maximum absolute atomic E-state index is 14.1. The van der Waals surface area contributed by atoms with Crippen LogP contribution in [-0.2, 0) is 11.3 Å². The maximum Gasteiger partial charge on any atom is 0.253 e. The number of hydrogen-bond donors (Lipinski definition) is 0. The van der Waals surface area contributed by atoms with Crippen molar-refractivity contribution in [2.75, 3.05) is 32.7 Å². The molecule has 1 aliphatic rings. The summed E-state index contributed by atoms with van der Waals surface area (Å²) in [6.45, 7) is 2.72. The van der Waals surface area contributed by atoms with Crippen LogP contribution in [0.4, 0.5) is 8.78 Å². The van der Waals surface area contributed by atoms with Gasteiger partial charge >= 0.3 is 0 Å². The minimum Gasteiger partial charge on any atom is -0.367 e. The standard InChI is InChI=1S/C26H24Cl2F2N2O2/c27-20-9-7-18(8-10-20)25(34-17-22-23(29)5-2-6-24(22)30)16-31-11-13-32(14-12-31)26(33)19-3-1-4-21(28)15-19/h1-10,15,25H,11-14,16-17H2. The average Bonchev–Trinajstić information content (AvgIpc) is 2.83. The van der Waals surface area contributed by atoms with Gasteiger partial charge in [-0.3, -0.25) is 9.69 Å². The van der Waals surface area contributed by atoms with Gasteiger partial charge in [0.25, 0.3) is 5.91 Å². The maximum atomic E-state index is 14.1. The molecule has 0 aliphatic carbocycles. The Kier molecular flexibility index (Phi) is 8.16. The Morgan fingerprint density at radius 2 is 1.53 bits per heavy atom. The van der Waals surface area contributed by atoms with E-state index < -0.39 is 17.7 Å². The van der Waals surface area contributed by atoms with Gasteiger partial charge in [0.2, 0.25) is 0 Å². The van der Waals surface area contributed by atoms with Crippen molar-refractivity contribution in [1.29, 1.82) is 0 Å². The van der Waals surface area contributed by atoms with Gasteiger partial charge < -0.3 is 9.64 Å². The number of ether oxygens (including phenoxy) is 1. The predicted molar refractivity (Wildman–Crippen MR) is 129 cm³/mol. The van der Waals surface area contributed by atoms with Crippen molar-refractivity contribution in [2.24, 2.45) is 0 Å². The van der Waals surface area contributed by atoms with Gasteiger partial charge in [-0.25, -0.2) is 8.78 Å². The first-order chi connectivity index (χ1) is 16.4. The van der Waals surface area contributed by atoms with Crippen molar-refractivity contribution in [3.8, 4) is 0 Å². The first kappa shape index (κ1) is 24.6. The molecule has 0 aromatic heterocycles. The summed E-state index contributed by atoms with van der Waals surface area (Å²) >= 11 is 12.1. The number of nitrogens with zero attached hydrogens (tertiary/aromatic N) is 2. The number of halogens is 4. The molecule has 0 bridgehead atoms. The lowest BCUT2D eigenvalue weighted by atomic mass is 10.1. The SMILES string of the molecule is O=C(c1cccc(Cl)c1)N1CCN(CC(OCc2c(F)cccc2F)c2ccc(Cl)cc2)CC1. The highest BCUT2D eigenvalue weighted by Crippen LogP contribution is 2.25. The van der Waals surface area contributed by atoms with Crippen molar-refractivity contribution < 1.29 is 18.3 Å². The van der Waals surface area contributed by atoms with Gasteiger partial charge in [-0.2, -0.15) is 0 Å². The number of amides is 1. The molecule has 1 aliphatic heterocycles. The molecule has 3 aromatic carbocycles. The minimum atomic E-state index is -0.636. The fraction of sp³-hybridized carbons (Fsp3) is 0.269. The van der Waals surface area contributed by atoms with E-state index in [2.05, 4.69) is 4.90 Å². The summed E-state index contributed by atoms with van der Waals surface area (Å²) in [6.07, 6.45) is -0.425. The Morgan fingerprint density at radius 3 is 2.18 bits per heavy atom. The second kappa shape index (κ2) is 11.3.